The third-order valence-electron chi connectivity index (χ3n) is 3.02. The predicted molar refractivity (Wildman–Crippen MR) is 81.5 cm³/mol. The summed E-state index contributed by atoms with van der Waals surface area (Å²) in [6.07, 6.45) is 3.17. The zero-order valence-electron chi connectivity index (χ0n) is 11.3. The summed E-state index contributed by atoms with van der Waals surface area (Å²) in [6, 6.07) is 11.8. The van der Waals surface area contributed by atoms with Crippen molar-refractivity contribution in [1.82, 2.24) is 9.97 Å². The largest absolute Gasteiger partial charge is 0.280 e. The first-order valence-corrected chi connectivity index (χ1v) is 7.83. The number of hydrogen-bond acceptors (Lipinski definition) is 4. The number of anilines is 1. The summed E-state index contributed by atoms with van der Waals surface area (Å²) in [7, 11) is -3.60. The molecular formula is C15H13N3O2S. The van der Waals surface area contributed by atoms with Gasteiger partial charge in [-0.05, 0) is 42.8 Å². The van der Waals surface area contributed by atoms with Crippen LogP contribution in [0.25, 0.3) is 11.0 Å². The molecule has 0 radical (unpaired) electrons. The average molecular weight is 299 g/mol. The van der Waals surface area contributed by atoms with Gasteiger partial charge in [0.1, 0.15) is 0 Å². The maximum Gasteiger partial charge on any atom is 0.261 e. The van der Waals surface area contributed by atoms with Gasteiger partial charge in [-0.3, -0.25) is 14.7 Å². The van der Waals surface area contributed by atoms with E-state index in [9.17, 15) is 8.42 Å². The Bertz CT molecular complexity index is 907. The molecule has 1 heterocycles. The molecule has 0 amide bonds. The van der Waals surface area contributed by atoms with Crippen molar-refractivity contribution >= 4 is 26.7 Å². The second kappa shape index (κ2) is 5.14. The Kier molecular flexibility index (Phi) is 3.31. The van der Waals surface area contributed by atoms with Gasteiger partial charge in [-0.15, -0.1) is 0 Å². The number of nitrogens with zero attached hydrogens (tertiary/aromatic N) is 2. The van der Waals surface area contributed by atoms with Gasteiger partial charge >= 0.3 is 0 Å². The topological polar surface area (TPSA) is 72.0 Å². The minimum Gasteiger partial charge on any atom is -0.280 e. The van der Waals surface area contributed by atoms with E-state index >= 15 is 0 Å². The van der Waals surface area contributed by atoms with E-state index < -0.39 is 10.0 Å². The van der Waals surface area contributed by atoms with Gasteiger partial charge in [0.25, 0.3) is 10.0 Å². The summed E-state index contributed by atoms with van der Waals surface area (Å²) in [5.41, 5.74) is 2.71. The fourth-order valence-electron chi connectivity index (χ4n) is 2.02. The van der Waals surface area contributed by atoms with E-state index in [0.717, 1.165) is 11.1 Å². The molecule has 3 aromatic rings. The monoisotopic (exact) mass is 299 g/mol. The van der Waals surface area contributed by atoms with Crippen LogP contribution in [-0.4, -0.2) is 18.4 Å². The maximum absolute atomic E-state index is 12.3. The number of rotatable bonds is 3. The quantitative estimate of drug-likeness (QED) is 0.807. The van der Waals surface area contributed by atoms with Gasteiger partial charge in [-0.2, -0.15) is 0 Å². The molecule has 0 aliphatic rings. The summed E-state index contributed by atoms with van der Waals surface area (Å²) in [4.78, 5) is 8.55. The minimum absolute atomic E-state index is 0.238. The number of aryl methyl sites for hydroxylation is 1. The normalized spacial score (nSPS) is 11.5. The Balaban J connectivity index is 1.97. The second-order valence-electron chi connectivity index (χ2n) is 4.68. The fourth-order valence-corrected chi connectivity index (χ4v) is 3.18. The molecule has 106 valence electrons. The maximum atomic E-state index is 12.3. The number of aromatic nitrogens is 2. The molecule has 0 atom stereocenters. The Hall–Kier alpha value is -2.47. The van der Waals surface area contributed by atoms with Gasteiger partial charge in [0, 0.05) is 12.4 Å². The van der Waals surface area contributed by atoms with Crippen LogP contribution in [-0.2, 0) is 10.0 Å². The molecule has 0 fully saturated rings. The van der Waals surface area contributed by atoms with Crippen LogP contribution in [0.2, 0.25) is 0 Å². The molecule has 0 unspecified atom stereocenters. The third-order valence-corrected chi connectivity index (χ3v) is 4.40. The second-order valence-corrected chi connectivity index (χ2v) is 6.36. The van der Waals surface area contributed by atoms with Crippen molar-refractivity contribution in [3.63, 3.8) is 0 Å². The lowest BCUT2D eigenvalue weighted by Gasteiger charge is -2.09. The first-order valence-electron chi connectivity index (χ1n) is 6.35. The van der Waals surface area contributed by atoms with Crippen molar-refractivity contribution in [3.8, 4) is 0 Å². The zero-order valence-corrected chi connectivity index (χ0v) is 12.1. The van der Waals surface area contributed by atoms with Crippen LogP contribution in [0.1, 0.15) is 5.56 Å². The lowest BCUT2D eigenvalue weighted by molar-refractivity contribution is 0.601. The van der Waals surface area contributed by atoms with Crippen molar-refractivity contribution in [2.75, 3.05) is 4.72 Å². The smallest absolute Gasteiger partial charge is 0.261 e. The van der Waals surface area contributed by atoms with Gasteiger partial charge in [-0.1, -0.05) is 12.1 Å². The van der Waals surface area contributed by atoms with Gasteiger partial charge < -0.3 is 0 Å². The van der Waals surface area contributed by atoms with Crippen molar-refractivity contribution in [2.24, 2.45) is 0 Å². The predicted octanol–water partition coefficient (Wildman–Crippen LogP) is 2.74. The third kappa shape index (κ3) is 2.85. The number of nitrogens with one attached hydrogen (secondary N) is 1. The van der Waals surface area contributed by atoms with Crippen molar-refractivity contribution in [3.05, 3.63) is 60.4 Å². The standard InChI is InChI=1S/C15H13N3O2S/c1-11-3-2-4-13(9-11)21(19,20)18-12-5-6-14-15(10-12)17-8-7-16-14/h2-10,18H,1H3. The van der Waals surface area contributed by atoms with E-state index in [1.807, 2.05) is 13.0 Å². The summed E-state index contributed by atoms with van der Waals surface area (Å²) in [5.74, 6) is 0. The van der Waals surface area contributed by atoms with E-state index in [4.69, 9.17) is 0 Å². The van der Waals surface area contributed by atoms with Gasteiger partial charge in [0.2, 0.25) is 0 Å². The number of hydrogen-bond donors (Lipinski definition) is 1. The molecule has 21 heavy (non-hydrogen) atoms. The fraction of sp³-hybridized carbons (Fsp3) is 0.0667. The molecule has 0 saturated carbocycles. The Morgan fingerprint density at radius 1 is 0.952 bits per heavy atom. The van der Waals surface area contributed by atoms with Crippen LogP contribution in [0.3, 0.4) is 0 Å². The van der Waals surface area contributed by atoms with Crippen LogP contribution >= 0.6 is 0 Å². The number of benzene rings is 2. The van der Waals surface area contributed by atoms with Crippen LogP contribution < -0.4 is 4.72 Å². The molecule has 5 nitrogen and oxygen atoms in total. The number of fused-ring (bicyclic) bond motifs is 1. The van der Waals surface area contributed by atoms with Gasteiger partial charge in [0.15, 0.2) is 0 Å². The van der Waals surface area contributed by atoms with Gasteiger partial charge in [-0.25, -0.2) is 8.42 Å². The highest BCUT2D eigenvalue weighted by Gasteiger charge is 2.14. The molecule has 1 N–H and O–H groups in total. The summed E-state index contributed by atoms with van der Waals surface area (Å²) in [6.45, 7) is 1.85. The zero-order chi connectivity index (χ0) is 14.9. The Labute approximate surface area is 122 Å². The van der Waals surface area contributed by atoms with Crippen molar-refractivity contribution in [1.29, 1.82) is 0 Å². The van der Waals surface area contributed by atoms with E-state index in [1.165, 1.54) is 0 Å². The minimum atomic E-state index is -3.60. The molecule has 2 aromatic carbocycles. The number of sulfonamides is 1. The lowest BCUT2D eigenvalue weighted by Crippen LogP contribution is -2.13. The Morgan fingerprint density at radius 2 is 1.71 bits per heavy atom. The summed E-state index contributed by atoms with van der Waals surface area (Å²) in [5, 5.41) is 0. The highest BCUT2D eigenvalue weighted by Crippen LogP contribution is 2.19. The van der Waals surface area contributed by atoms with Crippen LogP contribution in [0, 0.1) is 6.92 Å². The summed E-state index contributed by atoms with van der Waals surface area (Å²) >= 11 is 0. The molecule has 0 aliphatic heterocycles. The van der Waals surface area contributed by atoms with E-state index in [0.29, 0.717) is 11.2 Å². The highest BCUT2D eigenvalue weighted by atomic mass is 32.2. The lowest BCUT2D eigenvalue weighted by atomic mass is 10.2. The van der Waals surface area contributed by atoms with E-state index in [-0.39, 0.29) is 4.90 Å². The molecule has 3 rings (SSSR count). The summed E-state index contributed by atoms with van der Waals surface area (Å²) < 4.78 is 27.2. The molecule has 0 bridgehead atoms. The van der Waals surface area contributed by atoms with Crippen LogP contribution in [0.15, 0.2) is 59.8 Å². The first kappa shape index (κ1) is 13.5. The van der Waals surface area contributed by atoms with E-state index in [1.54, 1.807) is 48.8 Å². The van der Waals surface area contributed by atoms with Crippen molar-refractivity contribution < 1.29 is 8.42 Å². The van der Waals surface area contributed by atoms with Gasteiger partial charge in [0.05, 0.1) is 21.6 Å². The molecule has 0 aliphatic carbocycles. The molecule has 6 heteroatoms. The SMILES string of the molecule is Cc1cccc(S(=O)(=O)Nc2ccc3nccnc3c2)c1. The van der Waals surface area contributed by atoms with E-state index in [2.05, 4.69) is 14.7 Å². The average Bonchev–Trinajstić information content (AvgIpc) is 2.47. The highest BCUT2D eigenvalue weighted by molar-refractivity contribution is 7.92. The van der Waals surface area contributed by atoms with Crippen LogP contribution in [0.4, 0.5) is 5.69 Å². The molecular weight excluding hydrogens is 286 g/mol. The van der Waals surface area contributed by atoms with Crippen LogP contribution in [0.5, 0.6) is 0 Å². The first-order chi connectivity index (χ1) is 10.0. The molecule has 0 spiro atoms. The molecule has 0 saturated heterocycles. The molecule has 1 aromatic heterocycles. The van der Waals surface area contributed by atoms with Crippen molar-refractivity contribution in [2.45, 2.75) is 11.8 Å². The Morgan fingerprint density at radius 3 is 2.48 bits per heavy atom.